The second-order valence-electron chi connectivity index (χ2n) is 8.94. The molecule has 3 atom stereocenters. The number of carbonyl (C=O) groups excluding carboxylic acids is 3. The molecule has 0 aliphatic carbocycles. The van der Waals surface area contributed by atoms with Crippen molar-refractivity contribution in [2.45, 2.75) is 38.1 Å². The molecule has 182 valence electrons. The minimum absolute atomic E-state index is 0.0395. The molecule has 3 heterocycles. The lowest BCUT2D eigenvalue weighted by atomic mass is 9.80. The molecule has 35 heavy (non-hydrogen) atoms. The van der Waals surface area contributed by atoms with Crippen molar-refractivity contribution in [2.75, 3.05) is 17.7 Å². The van der Waals surface area contributed by atoms with Crippen LogP contribution in [0.1, 0.15) is 36.8 Å². The highest BCUT2D eigenvalue weighted by Crippen LogP contribution is 2.35. The average Bonchev–Trinajstić information content (AvgIpc) is 3.29. The van der Waals surface area contributed by atoms with Gasteiger partial charge in [0.05, 0.1) is 17.8 Å². The standard InChI is InChI=1S/C26H30N6O3/c1-4-18(19-8-6-5-7-9-19)14-23(33)32-24(26(35)31(3)20-15-29-30(2)16-20)21(25(32)34)12-17-10-11-28-22(27)13-17/h5-11,13,15-16,18,21,24H,4,12,14H2,1-3H3,(H2,27,28)/t18-,21+,24-/m0/s1. The van der Waals surface area contributed by atoms with Crippen molar-refractivity contribution in [3.05, 3.63) is 72.2 Å². The molecule has 0 bridgehead atoms. The van der Waals surface area contributed by atoms with Crippen LogP contribution in [0.25, 0.3) is 0 Å². The number of hydrogen-bond acceptors (Lipinski definition) is 6. The van der Waals surface area contributed by atoms with Crippen LogP contribution < -0.4 is 10.6 Å². The maximum atomic E-state index is 13.6. The Morgan fingerprint density at radius 3 is 2.57 bits per heavy atom. The van der Waals surface area contributed by atoms with E-state index in [2.05, 4.69) is 10.1 Å². The molecule has 3 aromatic rings. The van der Waals surface area contributed by atoms with Crippen LogP contribution in [0.2, 0.25) is 0 Å². The predicted octanol–water partition coefficient (Wildman–Crippen LogP) is 2.54. The van der Waals surface area contributed by atoms with Gasteiger partial charge in [0.15, 0.2) is 0 Å². The molecule has 9 nitrogen and oxygen atoms in total. The maximum Gasteiger partial charge on any atom is 0.250 e. The van der Waals surface area contributed by atoms with E-state index in [0.717, 1.165) is 22.4 Å². The molecule has 1 saturated heterocycles. The summed E-state index contributed by atoms with van der Waals surface area (Å²) in [5.74, 6) is -1.37. The second-order valence-corrected chi connectivity index (χ2v) is 8.94. The summed E-state index contributed by atoms with van der Waals surface area (Å²) in [6.07, 6.45) is 6.05. The monoisotopic (exact) mass is 474 g/mol. The first kappa shape index (κ1) is 24.1. The van der Waals surface area contributed by atoms with Gasteiger partial charge in [-0.25, -0.2) is 4.98 Å². The number of pyridine rings is 1. The summed E-state index contributed by atoms with van der Waals surface area (Å²) in [5, 5.41) is 4.13. The SMILES string of the molecule is CC[C@@H](CC(=O)N1C(=O)[C@H](Cc2ccnc(N)c2)[C@H]1C(=O)N(C)c1cnn(C)c1)c1ccccc1. The van der Waals surface area contributed by atoms with Crippen molar-refractivity contribution >= 4 is 29.2 Å². The van der Waals surface area contributed by atoms with Gasteiger partial charge in [0.1, 0.15) is 11.9 Å². The number of aromatic nitrogens is 3. The summed E-state index contributed by atoms with van der Waals surface area (Å²) in [6.45, 7) is 2.01. The van der Waals surface area contributed by atoms with Crippen molar-refractivity contribution in [3.63, 3.8) is 0 Å². The topological polar surface area (TPSA) is 114 Å². The number of hydrogen-bond donors (Lipinski definition) is 1. The summed E-state index contributed by atoms with van der Waals surface area (Å²) >= 11 is 0. The number of nitrogens with two attached hydrogens (primary N) is 1. The van der Waals surface area contributed by atoms with Crippen molar-refractivity contribution < 1.29 is 14.4 Å². The van der Waals surface area contributed by atoms with Crippen LogP contribution in [0.3, 0.4) is 0 Å². The molecule has 0 saturated carbocycles. The van der Waals surface area contributed by atoms with Crippen LogP contribution in [-0.4, -0.2) is 50.5 Å². The van der Waals surface area contributed by atoms with Gasteiger partial charge in [-0.3, -0.25) is 24.0 Å². The zero-order valence-corrected chi connectivity index (χ0v) is 20.2. The van der Waals surface area contributed by atoms with Gasteiger partial charge in [0, 0.05) is 32.9 Å². The number of nitrogens with zero attached hydrogens (tertiary/aromatic N) is 5. The Hall–Kier alpha value is -4.01. The van der Waals surface area contributed by atoms with Gasteiger partial charge in [-0.05, 0) is 42.0 Å². The molecule has 0 radical (unpaired) electrons. The maximum absolute atomic E-state index is 13.6. The van der Waals surface area contributed by atoms with Crippen LogP contribution in [0, 0.1) is 5.92 Å². The Balaban J connectivity index is 1.59. The molecule has 1 aliphatic rings. The molecule has 3 amide bonds. The summed E-state index contributed by atoms with van der Waals surface area (Å²) < 4.78 is 1.59. The number of aryl methyl sites for hydroxylation is 1. The van der Waals surface area contributed by atoms with Gasteiger partial charge in [-0.1, -0.05) is 37.3 Å². The minimum atomic E-state index is -0.900. The van der Waals surface area contributed by atoms with Gasteiger partial charge >= 0.3 is 0 Å². The molecule has 0 unspecified atom stereocenters. The van der Waals surface area contributed by atoms with E-state index in [1.807, 2.05) is 37.3 Å². The number of benzene rings is 1. The van der Waals surface area contributed by atoms with Crippen molar-refractivity contribution in [2.24, 2.45) is 13.0 Å². The van der Waals surface area contributed by atoms with Crippen LogP contribution in [-0.2, 0) is 27.9 Å². The lowest BCUT2D eigenvalue weighted by Crippen LogP contribution is -2.69. The Morgan fingerprint density at radius 1 is 1.20 bits per heavy atom. The van der Waals surface area contributed by atoms with Gasteiger partial charge in [0.2, 0.25) is 11.8 Å². The molecule has 1 aromatic carbocycles. The van der Waals surface area contributed by atoms with E-state index >= 15 is 0 Å². The fourth-order valence-electron chi connectivity index (χ4n) is 4.62. The van der Waals surface area contributed by atoms with Crippen molar-refractivity contribution in [3.8, 4) is 0 Å². The molecule has 2 aromatic heterocycles. The number of likely N-dealkylation sites (N-methyl/N-ethyl adjacent to an activating group) is 1. The van der Waals surface area contributed by atoms with E-state index in [-0.39, 0.29) is 30.1 Å². The zero-order valence-electron chi connectivity index (χ0n) is 20.2. The molecule has 9 heteroatoms. The highest BCUT2D eigenvalue weighted by Gasteiger charge is 2.55. The first-order valence-electron chi connectivity index (χ1n) is 11.7. The van der Waals surface area contributed by atoms with Gasteiger partial charge in [-0.15, -0.1) is 0 Å². The predicted molar refractivity (Wildman–Crippen MR) is 132 cm³/mol. The molecular formula is C26H30N6O3. The average molecular weight is 475 g/mol. The fourth-order valence-corrected chi connectivity index (χ4v) is 4.62. The third kappa shape index (κ3) is 4.94. The summed E-state index contributed by atoms with van der Waals surface area (Å²) in [7, 11) is 3.39. The van der Waals surface area contributed by atoms with Crippen molar-refractivity contribution in [1.82, 2.24) is 19.7 Å². The highest BCUT2D eigenvalue weighted by atomic mass is 16.2. The molecular weight excluding hydrogens is 444 g/mol. The Bertz CT molecular complexity index is 1220. The largest absolute Gasteiger partial charge is 0.384 e. The van der Waals surface area contributed by atoms with E-state index in [0.29, 0.717) is 17.9 Å². The number of nitrogen functional groups attached to an aromatic ring is 1. The lowest BCUT2D eigenvalue weighted by Gasteiger charge is -2.46. The third-order valence-electron chi connectivity index (χ3n) is 6.63. The first-order valence-corrected chi connectivity index (χ1v) is 11.7. The van der Waals surface area contributed by atoms with Gasteiger partial charge < -0.3 is 10.6 Å². The van der Waals surface area contributed by atoms with Gasteiger partial charge in [0.25, 0.3) is 5.91 Å². The third-order valence-corrected chi connectivity index (χ3v) is 6.63. The van der Waals surface area contributed by atoms with Crippen molar-refractivity contribution in [1.29, 1.82) is 0 Å². The fraction of sp³-hybridized carbons (Fsp3) is 0.346. The summed E-state index contributed by atoms with van der Waals surface area (Å²) in [4.78, 5) is 46.8. The zero-order chi connectivity index (χ0) is 25.1. The Labute approximate surface area is 204 Å². The Morgan fingerprint density at radius 2 is 1.94 bits per heavy atom. The molecule has 2 N–H and O–H groups in total. The van der Waals surface area contributed by atoms with Crippen LogP contribution in [0.15, 0.2) is 61.1 Å². The number of likely N-dealkylation sites (tertiary alicyclic amines) is 1. The molecule has 1 aliphatic heterocycles. The number of imide groups is 1. The van der Waals surface area contributed by atoms with Crippen LogP contribution in [0.4, 0.5) is 11.5 Å². The number of rotatable bonds is 8. The molecule has 0 spiro atoms. The van der Waals surface area contributed by atoms with E-state index < -0.39 is 12.0 Å². The number of anilines is 2. The van der Waals surface area contributed by atoms with E-state index in [1.54, 1.807) is 49.5 Å². The van der Waals surface area contributed by atoms with E-state index in [4.69, 9.17) is 5.73 Å². The number of β-lactam (4-membered cyclic amide) rings is 1. The van der Waals surface area contributed by atoms with Gasteiger partial charge in [-0.2, -0.15) is 5.10 Å². The smallest absolute Gasteiger partial charge is 0.250 e. The Kier molecular flexibility index (Phi) is 6.95. The van der Waals surface area contributed by atoms with Crippen LogP contribution >= 0.6 is 0 Å². The van der Waals surface area contributed by atoms with E-state index in [9.17, 15) is 14.4 Å². The normalized spacial score (nSPS) is 18.1. The molecule has 4 rings (SSSR count). The first-order chi connectivity index (χ1) is 16.8. The summed E-state index contributed by atoms with van der Waals surface area (Å²) in [5.41, 5.74) is 8.22. The quantitative estimate of drug-likeness (QED) is 0.502. The highest BCUT2D eigenvalue weighted by molar-refractivity contribution is 6.12. The molecule has 1 fully saturated rings. The minimum Gasteiger partial charge on any atom is -0.384 e. The van der Waals surface area contributed by atoms with Crippen LogP contribution in [0.5, 0.6) is 0 Å². The number of amides is 3. The lowest BCUT2D eigenvalue weighted by molar-refractivity contribution is -0.170. The summed E-state index contributed by atoms with van der Waals surface area (Å²) in [6, 6.07) is 12.3. The number of carbonyl (C=O) groups is 3. The second kappa shape index (κ2) is 10.1. The van der Waals surface area contributed by atoms with E-state index in [1.165, 1.54) is 4.90 Å².